The van der Waals surface area contributed by atoms with Gasteiger partial charge in [0.2, 0.25) is 5.91 Å². The van der Waals surface area contributed by atoms with E-state index in [4.69, 9.17) is 11.6 Å². The molecule has 0 aliphatic carbocycles. The first kappa shape index (κ1) is 23.6. The van der Waals surface area contributed by atoms with Crippen LogP contribution in [0.5, 0.6) is 0 Å². The predicted molar refractivity (Wildman–Crippen MR) is 121 cm³/mol. The number of hydrogen-bond acceptors (Lipinski definition) is 6. The maximum atomic E-state index is 12.9. The van der Waals surface area contributed by atoms with E-state index in [2.05, 4.69) is 5.32 Å². The first-order valence-corrected chi connectivity index (χ1v) is 10.2. The third-order valence-corrected chi connectivity index (χ3v) is 5.10. The molecule has 168 valence electrons. The minimum absolute atomic E-state index is 0.0555. The lowest BCUT2D eigenvalue weighted by Gasteiger charge is -2.19. The predicted octanol–water partition coefficient (Wildman–Crippen LogP) is 4.83. The highest BCUT2D eigenvalue weighted by molar-refractivity contribution is 6.30. The Hall–Kier alpha value is -4.11. The molecule has 9 nitrogen and oxygen atoms in total. The van der Waals surface area contributed by atoms with E-state index in [1.807, 2.05) is 0 Å². The van der Waals surface area contributed by atoms with E-state index in [0.717, 1.165) is 0 Å². The Balaban J connectivity index is 1.79. The van der Waals surface area contributed by atoms with Crippen LogP contribution in [0.2, 0.25) is 5.02 Å². The molecular formula is C23H18ClN3O6. The van der Waals surface area contributed by atoms with Crippen molar-refractivity contribution >= 4 is 34.7 Å². The number of carbonyl (C=O) groups excluding carboxylic acids is 2. The number of non-ortho nitro benzene ring substituents is 2. The lowest BCUT2D eigenvalue weighted by Crippen LogP contribution is -2.31. The molecule has 0 saturated heterocycles. The summed E-state index contributed by atoms with van der Waals surface area (Å²) >= 11 is 6.08. The van der Waals surface area contributed by atoms with Crippen LogP contribution in [0.3, 0.4) is 0 Å². The third-order valence-electron chi connectivity index (χ3n) is 4.87. The number of hydrogen-bond donors (Lipinski definition) is 1. The standard InChI is InChI=1S/C23H18ClN3O6/c24-18-5-1-3-16(12-18)21(14-22(28)17-4-2-6-20(13-17)27(32)33)25-23(29)11-15-7-9-19(10-8-15)26(30)31/h1-10,12-13,21H,11,14H2,(H,25,29). The molecule has 10 heteroatoms. The highest BCUT2D eigenvalue weighted by atomic mass is 35.5. The Labute approximate surface area is 193 Å². The first-order valence-electron chi connectivity index (χ1n) is 9.79. The molecule has 3 aromatic rings. The van der Waals surface area contributed by atoms with Gasteiger partial charge in [-0.1, -0.05) is 48.0 Å². The summed E-state index contributed by atoms with van der Waals surface area (Å²) in [6, 6.07) is 16.9. The Bertz CT molecular complexity index is 1210. The molecule has 0 aromatic heterocycles. The largest absolute Gasteiger partial charge is 0.349 e. The summed E-state index contributed by atoms with van der Waals surface area (Å²) in [7, 11) is 0. The number of amides is 1. The van der Waals surface area contributed by atoms with Crippen LogP contribution in [-0.2, 0) is 11.2 Å². The molecule has 1 N–H and O–H groups in total. The summed E-state index contributed by atoms with van der Waals surface area (Å²) in [5, 5.41) is 25.0. The quantitative estimate of drug-likeness (QED) is 0.272. The molecule has 33 heavy (non-hydrogen) atoms. The van der Waals surface area contributed by atoms with Crippen LogP contribution < -0.4 is 5.32 Å². The van der Waals surface area contributed by atoms with Crippen LogP contribution in [0.1, 0.15) is 33.9 Å². The fraction of sp³-hybridized carbons (Fsp3) is 0.130. The minimum Gasteiger partial charge on any atom is -0.349 e. The number of nitrogens with zero attached hydrogens (tertiary/aromatic N) is 2. The topological polar surface area (TPSA) is 132 Å². The van der Waals surface area contributed by atoms with Crippen molar-refractivity contribution in [2.75, 3.05) is 0 Å². The van der Waals surface area contributed by atoms with Crippen LogP contribution >= 0.6 is 11.6 Å². The summed E-state index contributed by atoms with van der Waals surface area (Å²) < 4.78 is 0. The second-order valence-electron chi connectivity index (χ2n) is 7.21. The third kappa shape index (κ3) is 6.44. The van der Waals surface area contributed by atoms with E-state index in [1.54, 1.807) is 24.3 Å². The fourth-order valence-corrected chi connectivity index (χ4v) is 3.44. The number of ketones is 1. The molecule has 0 fully saturated rings. The zero-order valence-corrected chi connectivity index (χ0v) is 17.9. The minimum atomic E-state index is -0.735. The van der Waals surface area contributed by atoms with Crippen molar-refractivity contribution in [2.24, 2.45) is 0 Å². The Morgan fingerprint density at radius 3 is 2.18 bits per heavy atom. The van der Waals surface area contributed by atoms with Crippen molar-refractivity contribution < 1.29 is 19.4 Å². The van der Waals surface area contributed by atoms with Gasteiger partial charge in [-0.15, -0.1) is 0 Å². The average molecular weight is 468 g/mol. The Morgan fingerprint density at radius 1 is 0.879 bits per heavy atom. The molecule has 0 saturated carbocycles. The maximum Gasteiger partial charge on any atom is 0.270 e. The van der Waals surface area contributed by atoms with Crippen molar-refractivity contribution in [3.8, 4) is 0 Å². The van der Waals surface area contributed by atoms with E-state index < -0.39 is 21.8 Å². The number of nitro groups is 2. The highest BCUT2D eigenvalue weighted by Crippen LogP contribution is 2.24. The van der Waals surface area contributed by atoms with Gasteiger partial charge in [-0.3, -0.25) is 29.8 Å². The number of halogens is 1. The van der Waals surface area contributed by atoms with Gasteiger partial charge >= 0.3 is 0 Å². The Kier molecular flexibility index (Phi) is 7.47. The van der Waals surface area contributed by atoms with E-state index in [9.17, 15) is 29.8 Å². The number of Topliss-reactive ketones (excluding diaryl/α,β-unsaturated/α-hetero) is 1. The molecule has 0 bridgehead atoms. The lowest BCUT2D eigenvalue weighted by molar-refractivity contribution is -0.385. The summed E-state index contributed by atoms with van der Waals surface area (Å²) in [6.45, 7) is 0. The van der Waals surface area contributed by atoms with Gasteiger partial charge in [0.1, 0.15) is 0 Å². The van der Waals surface area contributed by atoms with Crippen LogP contribution in [0.15, 0.2) is 72.8 Å². The number of benzene rings is 3. The van der Waals surface area contributed by atoms with Crippen molar-refractivity contribution in [1.29, 1.82) is 0 Å². The van der Waals surface area contributed by atoms with Gasteiger partial charge in [0, 0.05) is 41.3 Å². The molecule has 0 heterocycles. The molecule has 0 aliphatic rings. The molecule has 0 spiro atoms. The van der Waals surface area contributed by atoms with E-state index in [-0.39, 0.29) is 35.6 Å². The zero-order chi connectivity index (χ0) is 24.0. The van der Waals surface area contributed by atoms with E-state index in [0.29, 0.717) is 16.1 Å². The molecule has 1 atom stereocenters. The van der Waals surface area contributed by atoms with Gasteiger partial charge in [0.15, 0.2) is 5.78 Å². The first-order chi connectivity index (χ1) is 15.7. The number of rotatable bonds is 9. The second-order valence-corrected chi connectivity index (χ2v) is 7.65. The zero-order valence-electron chi connectivity index (χ0n) is 17.1. The van der Waals surface area contributed by atoms with Crippen LogP contribution in [0, 0.1) is 20.2 Å². The normalized spacial score (nSPS) is 11.4. The average Bonchev–Trinajstić information content (AvgIpc) is 2.79. The van der Waals surface area contributed by atoms with Crippen molar-refractivity contribution in [3.63, 3.8) is 0 Å². The molecule has 3 rings (SSSR count). The van der Waals surface area contributed by atoms with Crippen LogP contribution in [0.25, 0.3) is 0 Å². The van der Waals surface area contributed by atoms with Gasteiger partial charge < -0.3 is 5.32 Å². The summed E-state index contributed by atoms with van der Waals surface area (Å²) in [6.07, 6.45) is -0.201. The molecule has 0 aliphatic heterocycles. The molecule has 1 unspecified atom stereocenters. The highest BCUT2D eigenvalue weighted by Gasteiger charge is 2.21. The van der Waals surface area contributed by atoms with Crippen LogP contribution in [-0.4, -0.2) is 21.5 Å². The summed E-state index contributed by atoms with van der Waals surface area (Å²) in [5.74, 6) is -0.792. The smallest absolute Gasteiger partial charge is 0.270 e. The summed E-state index contributed by atoms with van der Waals surface area (Å²) in [5.41, 5.74) is 1.02. The van der Waals surface area contributed by atoms with Gasteiger partial charge in [0.05, 0.1) is 22.3 Å². The van der Waals surface area contributed by atoms with Crippen molar-refractivity contribution in [1.82, 2.24) is 5.32 Å². The number of carbonyl (C=O) groups is 2. The molecular weight excluding hydrogens is 450 g/mol. The van der Waals surface area contributed by atoms with Gasteiger partial charge in [-0.25, -0.2) is 0 Å². The molecule has 0 radical (unpaired) electrons. The molecule has 1 amide bonds. The van der Waals surface area contributed by atoms with E-state index >= 15 is 0 Å². The van der Waals surface area contributed by atoms with E-state index in [1.165, 1.54) is 48.5 Å². The van der Waals surface area contributed by atoms with Gasteiger partial charge in [-0.2, -0.15) is 0 Å². The fourth-order valence-electron chi connectivity index (χ4n) is 3.24. The number of nitrogens with one attached hydrogen (secondary N) is 1. The van der Waals surface area contributed by atoms with Crippen LogP contribution in [0.4, 0.5) is 11.4 Å². The Morgan fingerprint density at radius 2 is 1.55 bits per heavy atom. The monoisotopic (exact) mass is 467 g/mol. The maximum absolute atomic E-state index is 12.9. The SMILES string of the molecule is O=C(Cc1ccc([N+](=O)[O-])cc1)NC(CC(=O)c1cccc([N+](=O)[O-])c1)c1cccc(Cl)c1. The lowest BCUT2D eigenvalue weighted by atomic mass is 9.97. The van der Waals surface area contributed by atoms with Crippen molar-refractivity contribution in [2.45, 2.75) is 18.9 Å². The molecule has 3 aromatic carbocycles. The number of nitro benzene ring substituents is 2. The van der Waals surface area contributed by atoms with Gasteiger partial charge in [-0.05, 0) is 23.3 Å². The summed E-state index contributed by atoms with van der Waals surface area (Å²) in [4.78, 5) is 46.2. The van der Waals surface area contributed by atoms with Gasteiger partial charge in [0.25, 0.3) is 11.4 Å². The second kappa shape index (κ2) is 10.5. The van der Waals surface area contributed by atoms with Crippen molar-refractivity contribution in [3.05, 3.63) is 115 Å².